The molecule has 0 radical (unpaired) electrons. The Labute approximate surface area is 140 Å². The van der Waals surface area contributed by atoms with Crippen molar-refractivity contribution in [2.45, 2.75) is 19.8 Å². The predicted molar refractivity (Wildman–Crippen MR) is 86.1 cm³/mol. The van der Waals surface area contributed by atoms with Crippen molar-refractivity contribution in [1.82, 2.24) is 0 Å². The topological polar surface area (TPSA) is 78.3 Å². The summed E-state index contributed by atoms with van der Waals surface area (Å²) < 4.78 is 15.6. The number of carbonyl (C=O) groups is 2. The Kier molecular flexibility index (Phi) is 5.20. The highest BCUT2D eigenvalue weighted by Crippen LogP contribution is 2.34. The number of hydrogen-bond donors (Lipinski definition) is 2. The molecule has 24 heavy (non-hydrogen) atoms. The standard InChI is InChI=1S/C17H22N2O5/c1-2-22-17(21)12-5-7-19(8-6-12)10-16(20)18-13-3-4-14-15(9-13)24-11-23-14/h3-4,9,12H,2,5-8,10-11H2,1H3,(H,18,20)/p+1. The first-order valence-corrected chi connectivity index (χ1v) is 8.35. The van der Waals surface area contributed by atoms with E-state index in [4.69, 9.17) is 14.2 Å². The highest BCUT2D eigenvalue weighted by Gasteiger charge is 2.29. The summed E-state index contributed by atoms with van der Waals surface area (Å²) in [7, 11) is 0. The fraction of sp³-hybridized carbons (Fsp3) is 0.529. The lowest BCUT2D eigenvalue weighted by Crippen LogP contribution is -3.14. The summed E-state index contributed by atoms with van der Waals surface area (Å²) in [6, 6.07) is 5.35. The molecule has 7 nitrogen and oxygen atoms in total. The van der Waals surface area contributed by atoms with E-state index in [0.717, 1.165) is 25.9 Å². The van der Waals surface area contributed by atoms with E-state index in [2.05, 4.69) is 5.32 Å². The van der Waals surface area contributed by atoms with Gasteiger partial charge in [0, 0.05) is 24.6 Å². The van der Waals surface area contributed by atoms with Crippen LogP contribution < -0.4 is 19.7 Å². The van der Waals surface area contributed by atoms with Crippen LogP contribution in [-0.4, -0.2) is 44.9 Å². The van der Waals surface area contributed by atoms with Crippen LogP contribution in [0.25, 0.3) is 0 Å². The molecule has 130 valence electrons. The van der Waals surface area contributed by atoms with E-state index >= 15 is 0 Å². The number of rotatable bonds is 5. The second-order valence-electron chi connectivity index (χ2n) is 6.07. The van der Waals surface area contributed by atoms with Crippen molar-refractivity contribution in [3.8, 4) is 11.5 Å². The summed E-state index contributed by atoms with van der Waals surface area (Å²) in [5, 5.41) is 2.89. The summed E-state index contributed by atoms with van der Waals surface area (Å²) in [5.74, 6) is 1.17. The van der Waals surface area contributed by atoms with Crippen molar-refractivity contribution in [3.05, 3.63) is 18.2 Å². The third-order valence-corrected chi connectivity index (χ3v) is 4.38. The maximum atomic E-state index is 12.2. The number of fused-ring (bicyclic) bond motifs is 1. The second kappa shape index (κ2) is 7.53. The van der Waals surface area contributed by atoms with Gasteiger partial charge in [0.05, 0.1) is 25.6 Å². The lowest BCUT2D eigenvalue weighted by molar-refractivity contribution is -0.897. The molecule has 2 aliphatic heterocycles. The molecule has 7 heteroatoms. The summed E-state index contributed by atoms with van der Waals surface area (Å²) >= 11 is 0. The molecule has 2 aliphatic rings. The van der Waals surface area contributed by atoms with Gasteiger partial charge in [0.25, 0.3) is 5.91 Å². The minimum Gasteiger partial charge on any atom is -0.466 e. The normalized spacial score (nSPS) is 22.0. The first kappa shape index (κ1) is 16.6. The predicted octanol–water partition coefficient (Wildman–Crippen LogP) is 0.212. The highest BCUT2D eigenvalue weighted by atomic mass is 16.7. The lowest BCUT2D eigenvalue weighted by atomic mass is 9.97. The van der Waals surface area contributed by atoms with Gasteiger partial charge in [-0.2, -0.15) is 0 Å². The van der Waals surface area contributed by atoms with Crippen molar-refractivity contribution in [3.63, 3.8) is 0 Å². The first-order valence-electron chi connectivity index (χ1n) is 8.35. The van der Waals surface area contributed by atoms with Crippen LogP contribution >= 0.6 is 0 Å². The number of likely N-dealkylation sites (tertiary alicyclic amines) is 1. The van der Waals surface area contributed by atoms with Crippen LogP contribution in [0.1, 0.15) is 19.8 Å². The molecule has 2 N–H and O–H groups in total. The van der Waals surface area contributed by atoms with Gasteiger partial charge in [-0.1, -0.05) is 0 Å². The van der Waals surface area contributed by atoms with Crippen LogP contribution in [0, 0.1) is 5.92 Å². The van der Waals surface area contributed by atoms with Crippen molar-refractivity contribution in [2.24, 2.45) is 5.92 Å². The summed E-state index contributed by atoms with van der Waals surface area (Å²) in [4.78, 5) is 25.1. The molecule has 2 heterocycles. The molecule has 0 aromatic heterocycles. The van der Waals surface area contributed by atoms with E-state index in [9.17, 15) is 9.59 Å². The Morgan fingerprint density at radius 1 is 1.25 bits per heavy atom. The monoisotopic (exact) mass is 335 g/mol. The third-order valence-electron chi connectivity index (χ3n) is 4.38. The summed E-state index contributed by atoms with van der Waals surface area (Å²) in [6.07, 6.45) is 1.54. The minimum absolute atomic E-state index is 0.0226. The quantitative estimate of drug-likeness (QED) is 0.752. The van der Waals surface area contributed by atoms with Gasteiger partial charge in [-0.15, -0.1) is 0 Å². The second-order valence-corrected chi connectivity index (χ2v) is 6.07. The van der Waals surface area contributed by atoms with Crippen molar-refractivity contribution < 1.29 is 28.7 Å². The minimum atomic E-state index is -0.110. The molecule has 1 saturated heterocycles. The number of benzene rings is 1. The zero-order valence-corrected chi connectivity index (χ0v) is 13.8. The summed E-state index contributed by atoms with van der Waals surface area (Å²) in [5.41, 5.74) is 0.699. The number of esters is 1. The van der Waals surface area contributed by atoms with Crippen LogP contribution in [0.2, 0.25) is 0 Å². The molecule has 3 rings (SSSR count). The van der Waals surface area contributed by atoms with Crippen molar-refractivity contribution in [2.75, 3.05) is 38.4 Å². The average molecular weight is 335 g/mol. The van der Waals surface area contributed by atoms with Gasteiger partial charge in [-0.25, -0.2) is 0 Å². The number of hydrogen-bond acceptors (Lipinski definition) is 5. The molecule has 1 aromatic rings. The summed E-state index contributed by atoms with van der Waals surface area (Å²) in [6.45, 7) is 4.45. The van der Waals surface area contributed by atoms with Crippen LogP contribution in [0.15, 0.2) is 18.2 Å². The first-order chi connectivity index (χ1) is 11.7. The van der Waals surface area contributed by atoms with Gasteiger partial charge in [0.2, 0.25) is 6.79 Å². The van der Waals surface area contributed by atoms with Crippen molar-refractivity contribution in [1.29, 1.82) is 0 Å². The van der Waals surface area contributed by atoms with Crippen LogP contribution in [0.5, 0.6) is 11.5 Å². The number of anilines is 1. The Morgan fingerprint density at radius 2 is 2.00 bits per heavy atom. The molecule has 0 spiro atoms. The molecule has 1 fully saturated rings. The molecular formula is C17H23N2O5+. The fourth-order valence-electron chi connectivity index (χ4n) is 3.11. The van der Waals surface area contributed by atoms with Gasteiger partial charge in [0.15, 0.2) is 18.0 Å². The molecule has 0 bridgehead atoms. The molecule has 0 unspecified atom stereocenters. The van der Waals surface area contributed by atoms with Crippen LogP contribution in [-0.2, 0) is 14.3 Å². The van der Waals surface area contributed by atoms with Gasteiger partial charge in [-0.3, -0.25) is 9.59 Å². The van der Waals surface area contributed by atoms with E-state index in [-0.39, 0.29) is 24.6 Å². The van der Waals surface area contributed by atoms with E-state index in [0.29, 0.717) is 30.3 Å². The van der Waals surface area contributed by atoms with Crippen LogP contribution in [0.3, 0.4) is 0 Å². The zero-order valence-electron chi connectivity index (χ0n) is 13.8. The van der Waals surface area contributed by atoms with Gasteiger partial charge in [0.1, 0.15) is 0 Å². The SMILES string of the molecule is CCOC(=O)C1CC[NH+](CC(=O)Nc2ccc3c(c2)OCO3)CC1. The van der Waals surface area contributed by atoms with E-state index < -0.39 is 0 Å². The number of amides is 1. The molecule has 1 aromatic carbocycles. The molecule has 1 amide bonds. The van der Waals surface area contributed by atoms with Gasteiger partial charge < -0.3 is 24.4 Å². The number of quaternary nitrogens is 1. The fourth-order valence-corrected chi connectivity index (χ4v) is 3.11. The highest BCUT2D eigenvalue weighted by molar-refractivity contribution is 5.91. The van der Waals surface area contributed by atoms with Gasteiger partial charge in [-0.05, 0) is 19.1 Å². The maximum absolute atomic E-state index is 12.2. The lowest BCUT2D eigenvalue weighted by Gasteiger charge is -2.27. The molecule has 0 aliphatic carbocycles. The number of nitrogens with one attached hydrogen (secondary N) is 2. The van der Waals surface area contributed by atoms with Crippen LogP contribution in [0.4, 0.5) is 5.69 Å². The third kappa shape index (κ3) is 3.97. The Bertz CT molecular complexity index is 611. The molecule has 0 saturated carbocycles. The van der Waals surface area contributed by atoms with Gasteiger partial charge >= 0.3 is 5.97 Å². The molecule has 0 atom stereocenters. The number of carbonyl (C=O) groups excluding carboxylic acids is 2. The Balaban J connectivity index is 1.45. The van der Waals surface area contributed by atoms with E-state index in [1.54, 1.807) is 18.2 Å². The maximum Gasteiger partial charge on any atom is 0.309 e. The zero-order chi connectivity index (χ0) is 16.9. The van der Waals surface area contributed by atoms with Crippen molar-refractivity contribution >= 4 is 17.6 Å². The Hall–Kier alpha value is -2.28. The number of ether oxygens (including phenoxy) is 3. The van der Waals surface area contributed by atoms with E-state index in [1.807, 2.05) is 6.92 Å². The smallest absolute Gasteiger partial charge is 0.309 e. The largest absolute Gasteiger partial charge is 0.466 e. The average Bonchev–Trinajstić information content (AvgIpc) is 3.03. The van der Waals surface area contributed by atoms with E-state index in [1.165, 1.54) is 4.90 Å². The Morgan fingerprint density at radius 3 is 2.75 bits per heavy atom. The number of piperidine rings is 1. The molecular weight excluding hydrogens is 312 g/mol.